The second kappa shape index (κ2) is 12.7. The van der Waals surface area contributed by atoms with Gasteiger partial charge in [0.05, 0.1) is 16.2 Å². The van der Waals surface area contributed by atoms with Gasteiger partial charge in [-0.3, -0.25) is 4.98 Å². The maximum Gasteiger partial charge on any atom is 0.407 e. The van der Waals surface area contributed by atoms with Gasteiger partial charge in [-0.1, -0.05) is 71.7 Å². The molecule has 8 rings (SSSR count). The zero-order chi connectivity index (χ0) is 32.8. The van der Waals surface area contributed by atoms with E-state index in [4.69, 9.17) is 43.0 Å². The first kappa shape index (κ1) is 31.0. The van der Waals surface area contributed by atoms with Crippen LogP contribution in [-0.2, 0) is 16.7 Å². The van der Waals surface area contributed by atoms with E-state index in [2.05, 4.69) is 16.0 Å². The number of hydrogen-bond acceptors (Lipinski definition) is 7. The van der Waals surface area contributed by atoms with Crippen molar-refractivity contribution in [2.24, 2.45) is 11.8 Å². The van der Waals surface area contributed by atoms with E-state index in [0.717, 1.165) is 55.7 Å². The van der Waals surface area contributed by atoms with E-state index in [1.165, 1.54) is 0 Å². The van der Waals surface area contributed by atoms with E-state index < -0.39 is 6.09 Å². The molecule has 5 heterocycles. The number of rotatable bonds is 8. The predicted octanol–water partition coefficient (Wildman–Crippen LogP) is 7.47. The van der Waals surface area contributed by atoms with Gasteiger partial charge in [0.1, 0.15) is 17.0 Å². The highest BCUT2D eigenvalue weighted by Crippen LogP contribution is 2.64. The molecule has 4 unspecified atom stereocenters. The second-order valence-electron chi connectivity index (χ2n) is 13.0. The summed E-state index contributed by atoms with van der Waals surface area (Å²) < 4.78 is 8.02. The number of pyridine rings is 1. The van der Waals surface area contributed by atoms with Crippen LogP contribution in [0.5, 0.6) is 0 Å². The van der Waals surface area contributed by atoms with Gasteiger partial charge in [-0.25, -0.2) is 19.4 Å². The highest BCUT2D eigenvalue weighted by Gasteiger charge is 2.67. The standard InChI is InChI=1S/C36H35Cl2N7O3/c37-28-12-6-11-25(31(28)38)32-33-34(45(42-32)30-13-4-5-17-48-30)41-29(19-40-33)43-16-14-26-27(21-43)36(26,24-10-7-15-39-18-24)22-44(35(46)47)20-23-8-2-1-3-9-23/h1-3,6-12,15,18-19,26-27,30H,4-5,13-14,16-17,20-22H2,(H,46,47). The van der Waals surface area contributed by atoms with Crippen LogP contribution >= 0.6 is 23.2 Å². The number of aromatic nitrogens is 5. The van der Waals surface area contributed by atoms with Crippen molar-refractivity contribution < 1.29 is 14.6 Å². The number of nitrogens with zero attached hydrogens (tertiary/aromatic N) is 7. The first-order valence-corrected chi connectivity index (χ1v) is 17.2. The number of piperidine rings is 1. The summed E-state index contributed by atoms with van der Waals surface area (Å²) in [5.41, 5.74) is 4.30. The minimum Gasteiger partial charge on any atom is -0.465 e. The Morgan fingerprint density at radius 2 is 1.90 bits per heavy atom. The number of halogens is 2. The molecule has 1 N–H and O–H groups in total. The zero-order valence-corrected chi connectivity index (χ0v) is 27.8. The molecule has 0 radical (unpaired) electrons. The van der Waals surface area contributed by atoms with Crippen LogP contribution in [0.3, 0.4) is 0 Å². The van der Waals surface area contributed by atoms with Gasteiger partial charge in [0, 0.05) is 56.2 Å². The summed E-state index contributed by atoms with van der Waals surface area (Å²) in [5, 5.41) is 16.2. The van der Waals surface area contributed by atoms with Gasteiger partial charge in [0.2, 0.25) is 0 Å². The molecule has 3 aliphatic rings. The molecule has 12 heteroatoms. The van der Waals surface area contributed by atoms with Gasteiger partial charge in [-0.05, 0) is 60.8 Å². The monoisotopic (exact) mass is 683 g/mol. The molecule has 246 valence electrons. The smallest absolute Gasteiger partial charge is 0.407 e. The number of hydrogen-bond donors (Lipinski definition) is 1. The van der Waals surface area contributed by atoms with E-state index in [1.807, 2.05) is 65.6 Å². The maximum absolute atomic E-state index is 12.6. The third kappa shape index (κ3) is 5.45. The van der Waals surface area contributed by atoms with Crippen molar-refractivity contribution in [3.8, 4) is 11.3 Å². The van der Waals surface area contributed by atoms with E-state index in [-0.39, 0.29) is 17.6 Å². The van der Waals surface area contributed by atoms with Crippen LogP contribution in [0.1, 0.15) is 43.0 Å². The molecule has 10 nitrogen and oxygen atoms in total. The third-order valence-corrected chi connectivity index (χ3v) is 11.1. The molecule has 1 aliphatic carbocycles. The number of carboxylic acid groups (broad SMARTS) is 1. The van der Waals surface area contributed by atoms with Crippen molar-refractivity contribution >= 4 is 46.3 Å². The van der Waals surface area contributed by atoms with Gasteiger partial charge >= 0.3 is 6.09 Å². The van der Waals surface area contributed by atoms with E-state index in [1.54, 1.807) is 17.2 Å². The van der Waals surface area contributed by atoms with Gasteiger partial charge in [0.15, 0.2) is 11.9 Å². The molecular weight excluding hydrogens is 649 g/mol. The topological polar surface area (TPSA) is 110 Å². The normalized spacial score (nSPS) is 23.5. The minimum atomic E-state index is -0.923. The molecule has 2 aromatic carbocycles. The number of ether oxygens (including phenoxy) is 1. The molecule has 2 aliphatic heterocycles. The van der Waals surface area contributed by atoms with Crippen molar-refractivity contribution in [3.63, 3.8) is 0 Å². The Kier molecular flexibility index (Phi) is 8.18. The van der Waals surface area contributed by atoms with E-state index >= 15 is 0 Å². The Balaban J connectivity index is 1.13. The summed E-state index contributed by atoms with van der Waals surface area (Å²) in [6.45, 7) is 2.88. The van der Waals surface area contributed by atoms with Gasteiger partial charge in [-0.15, -0.1) is 0 Å². The van der Waals surface area contributed by atoms with Gasteiger partial charge in [0.25, 0.3) is 0 Å². The quantitative estimate of drug-likeness (QED) is 0.179. The third-order valence-electron chi connectivity index (χ3n) is 10.3. The Hall–Kier alpha value is -4.25. The van der Waals surface area contributed by atoms with E-state index in [0.29, 0.717) is 58.1 Å². The van der Waals surface area contributed by atoms with Gasteiger partial charge < -0.3 is 19.6 Å². The Labute approximate surface area is 288 Å². The van der Waals surface area contributed by atoms with Crippen LogP contribution in [0.4, 0.5) is 10.6 Å². The summed E-state index contributed by atoms with van der Waals surface area (Å²) in [6, 6.07) is 19.3. The molecule has 0 spiro atoms. The maximum atomic E-state index is 12.6. The Morgan fingerprint density at radius 3 is 2.67 bits per heavy atom. The fourth-order valence-electron chi connectivity index (χ4n) is 7.93. The largest absolute Gasteiger partial charge is 0.465 e. The van der Waals surface area contributed by atoms with Crippen molar-refractivity contribution in [1.82, 2.24) is 29.6 Å². The van der Waals surface area contributed by atoms with Crippen LogP contribution in [0.25, 0.3) is 22.4 Å². The predicted molar refractivity (Wildman–Crippen MR) is 184 cm³/mol. The summed E-state index contributed by atoms with van der Waals surface area (Å²) in [4.78, 5) is 31.0. The lowest BCUT2D eigenvalue weighted by molar-refractivity contribution is -0.0368. The number of amides is 1. The molecule has 2 saturated heterocycles. The first-order chi connectivity index (χ1) is 23.4. The molecule has 3 fully saturated rings. The molecule has 5 aromatic rings. The first-order valence-electron chi connectivity index (χ1n) is 16.4. The zero-order valence-electron chi connectivity index (χ0n) is 26.3. The van der Waals surface area contributed by atoms with Crippen molar-refractivity contribution in [3.05, 3.63) is 100 Å². The second-order valence-corrected chi connectivity index (χ2v) is 13.8. The van der Waals surface area contributed by atoms with Crippen molar-refractivity contribution in [2.75, 3.05) is 31.1 Å². The minimum absolute atomic E-state index is 0.220. The highest BCUT2D eigenvalue weighted by molar-refractivity contribution is 6.43. The lowest BCUT2D eigenvalue weighted by Crippen LogP contribution is -2.38. The SMILES string of the molecule is O=C(O)N(Cc1ccccc1)CC1(c2cccnc2)C2CCN(c3cnc4c(-c5cccc(Cl)c5Cl)nn(C5CCCCO5)c4n3)CC21. The van der Waals surface area contributed by atoms with Crippen molar-refractivity contribution in [1.29, 1.82) is 0 Å². The fourth-order valence-corrected chi connectivity index (χ4v) is 8.32. The number of benzene rings is 2. The van der Waals surface area contributed by atoms with Crippen LogP contribution < -0.4 is 4.90 Å². The summed E-state index contributed by atoms with van der Waals surface area (Å²) in [6.07, 6.45) is 8.08. The highest BCUT2D eigenvalue weighted by atomic mass is 35.5. The van der Waals surface area contributed by atoms with Crippen LogP contribution in [0.15, 0.2) is 79.3 Å². The van der Waals surface area contributed by atoms with Crippen LogP contribution in [0.2, 0.25) is 10.0 Å². The summed E-state index contributed by atoms with van der Waals surface area (Å²) >= 11 is 13.1. The molecule has 1 saturated carbocycles. The number of anilines is 1. The van der Waals surface area contributed by atoms with Gasteiger partial charge in [-0.2, -0.15) is 5.10 Å². The Morgan fingerprint density at radius 1 is 1.02 bits per heavy atom. The molecule has 1 amide bonds. The summed E-state index contributed by atoms with van der Waals surface area (Å²) in [5.74, 6) is 1.30. The number of fused-ring (bicyclic) bond motifs is 2. The average Bonchev–Trinajstić information content (AvgIpc) is 3.61. The fraction of sp³-hybridized carbons (Fsp3) is 0.361. The average molecular weight is 685 g/mol. The lowest BCUT2D eigenvalue weighted by atomic mass is 9.91. The van der Waals surface area contributed by atoms with E-state index in [9.17, 15) is 9.90 Å². The number of carbonyl (C=O) groups is 1. The molecule has 4 atom stereocenters. The van der Waals surface area contributed by atoms with Crippen molar-refractivity contribution in [2.45, 2.75) is 43.9 Å². The van der Waals surface area contributed by atoms with Crippen LogP contribution in [0, 0.1) is 11.8 Å². The van der Waals surface area contributed by atoms with Crippen LogP contribution in [-0.4, -0.2) is 67.1 Å². The Bertz CT molecular complexity index is 1950. The molecule has 3 aromatic heterocycles. The molecule has 48 heavy (non-hydrogen) atoms. The molecule has 0 bridgehead atoms. The lowest BCUT2D eigenvalue weighted by Gasteiger charge is -2.28. The molecular formula is C36H35Cl2N7O3. The summed E-state index contributed by atoms with van der Waals surface area (Å²) in [7, 11) is 0.